The van der Waals surface area contributed by atoms with Crippen LogP contribution in [0.4, 0.5) is 5.95 Å². The Morgan fingerprint density at radius 1 is 1.06 bits per heavy atom. The van der Waals surface area contributed by atoms with Gasteiger partial charge in [-0.1, -0.05) is 30.3 Å². The van der Waals surface area contributed by atoms with Crippen molar-refractivity contribution >= 4 is 11.9 Å². The van der Waals surface area contributed by atoms with Gasteiger partial charge in [-0.05, 0) is 49.8 Å². The Morgan fingerprint density at radius 3 is 2.36 bits per heavy atom. The van der Waals surface area contributed by atoms with E-state index in [4.69, 9.17) is 14.5 Å². The van der Waals surface area contributed by atoms with E-state index >= 15 is 0 Å². The molecule has 36 heavy (non-hydrogen) atoms. The second-order valence-electron chi connectivity index (χ2n) is 9.27. The predicted molar refractivity (Wildman–Crippen MR) is 138 cm³/mol. The molecule has 0 saturated carbocycles. The standard InChI is InChI=1S/C27H31N5O4/c1-17-13-23(33)32-25(20-15-21(35-2)24(34)22(16-20)36-3)29-26(30-27(32)28-17)31-11-9-19(10-12-31)14-18-7-5-4-6-8-18/h4-8,13,15-16,19,25,34H,9-12,14H2,1-3H3,(H,28,29,30)/t25-/m0/s1. The predicted octanol–water partition coefficient (Wildman–Crippen LogP) is 3.56. The van der Waals surface area contributed by atoms with Crippen molar-refractivity contribution in [1.29, 1.82) is 0 Å². The first-order chi connectivity index (χ1) is 17.5. The molecule has 0 bridgehead atoms. The van der Waals surface area contributed by atoms with Gasteiger partial charge >= 0.3 is 0 Å². The van der Waals surface area contributed by atoms with Crippen molar-refractivity contribution in [2.75, 3.05) is 32.6 Å². The number of nitrogens with one attached hydrogen (secondary N) is 1. The topological polar surface area (TPSA) is 101 Å². The van der Waals surface area contributed by atoms with E-state index in [-0.39, 0.29) is 22.8 Å². The molecule has 3 heterocycles. The molecule has 0 spiro atoms. The van der Waals surface area contributed by atoms with Crippen molar-refractivity contribution < 1.29 is 14.6 Å². The summed E-state index contributed by atoms with van der Waals surface area (Å²) < 4.78 is 12.2. The summed E-state index contributed by atoms with van der Waals surface area (Å²) in [5.41, 5.74) is 2.42. The molecule has 2 aromatic carbocycles. The maximum atomic E-state index is 13.0. The van der Waals surface area contributed by atoms with E-state index in [9.17, 15) is 9.90 Å². The first-order valence-corrected chi connectivity index (χ1v) is 12.2. The molecule has 2 aliphatic heterocycles. The summed E-state index contributed by atoms with van der Waals surface area (Å²) in [6.45, 7) is 3.51. The van der Waals surface area contributed by atoms with Crippen LogP contribution in [0.5, 0.6) is 17.2 Å². The van der Waals surface area contributed by atoms with E-state index in [0.29, 0.717) is 29.1 Å². The summed E-state index contributed by atoms with van der Waals surface area (Å²) in [7, 11) is 2.94. The number of aromatic hydroxyl groups is 1. The van der Waals surface area contributed by atoms with Crippen LogP contribution in [0.25, 0.3) is 0 Å². The summed E-state index contributed by atoms with van der Waals surface area (Å²) in [6, 6.07) is 15.4. The fraction of sp³-hybridized carbons (Fsp3) is 0.370. The number of benzene rings is 2. The molecule has 0 radical (unpaired) electrons. The summed E-state index contributed by atoms with van der Waals surface area (Å²) in [4.78, 5) is 24.8. The number of fused-ring (bicyclic) bond motifs is 1. The van der Waals surface area contributed by atoms with E-state index in [1.807, 2.05) is 6.07 Å². The van der Waals surface area contributed by atoms with E-state index in [2.05, 4.69) is 39.5 Å². The summed E-state index contributed by atoms with van der Waals surface area (Å²) in [6.07, 6.45) is 2.48. The quantitative estimate of drug-likeness (QED) is 0.565. The zero-order chi connectivity index (χ0) is 25.2. The van der Waals surface area contributed by atoms with Crippen LogP contribution in [0, 0.1) is 12.8 Å². The molecular weight excluding hydrogens is 458 g/mol. The van der Waals surface area contributed by atoms with Gasteiger partial charge in [-0.15, -0.1) is 0 Å². The molecule has 1 aromatic heterocycles. The van der Waals surface area contributed by atoms with Gasteiger partial charge in [0.2, 0.25) is 17.7 Å². The average molecular weight is 490 g/mol. The molecule has 0 unspecified atom stereocenters. The second kappa shape index (κ2) is 9.93. The fourth-order valence-corrected chi connectivity index (χ4v) is 4.98. The Bertz CT molecular complexity index is 1300. The SMILES string of the molecule is COc1cc([C@H]2N=C(N3CCC(Cc4ccccc4)CC3)Nc3nc(C)cc(=O)n32)cc(OC)c1O. The number of phenols is 1. The highest BCUT2D eigenvalue weighted by molar-refractivity contribution is 5.93. The molecule has 1 saturated heterocycles. The molecular formula is C27H31N5O4. The fourth-order valence-electron chi connectivity index (χ4n) is 4.98. The Balaban J connectivity index is 1.46. The first-order valence-electron chi connectivity index (χ1n) is 12.2. The van der Waals surface area contributed by atoms with Crippen LogP contribution in [0.15, 0.2) is 58.3 Å². The third-order valence-corrected chi connectivity index (χ3v) is 6.87. The highest BCUT2D eigenvalue weighted by atomic mass is 16.5. The Kier molecular flexibility index (Phi) is 6.54. The lowest BCUT2D eigenvalue weighted by Crippen LogP contribution is -2.46. The van der Waals surface area contributed by atoms with Gasteiger partial charge in [-0.2, -0.15) is 0 Å². The van der Waals surface area contributed by atoms with Crippen LogP contribution in [-0.4, -0.2) is 52.8 Å². The van der Waals surface area contributed by atoms with Gasteiger partial charge in [0.25, 0.3) is 5.56 Å². The summed E-state index contributed by atoms with van der Waals surface area (Å²) in [5, 5.41) is 13.7. The molecule has 9 heteroatoms. The zero-order valence-corrected chi connectivity index (χ0v) is 20.8. The van der Waals surface area contributed by atoms with E-state index in [0.717, 1.165) is 32.4 Å². The largest absolute Gasteiger partial charge is 0.502 e. The van der Waals surface area contributed by atoms with Crippen LogP contribution in [0.3, 0.4) is 0 Å². The lowest BCUT2D eigenvalue weighted by atomic mass is 9.90. The maximum absolute atomic E-state index is 13.0. The number of aryl methyl sites for hydroxylation is 1. The van der Waals surface area contributed by atoms with Crippen molar-refractivity contribution in [3.8, 4) is 17.2 Å². The molecule has 0 amide bonds. The van der Waals surface area contributed by atoms with Gasteiger partial charge in [-0.25, -0.2) is 9.98 Å². The van der Waals surface area contributed by atoms with Gasteiger partial charge < -0.3 is 19.5 Å². The summed E-state index contributed by atoms with van der Waals surface area (Å²) in [5.74, 6) is 2.13. The zero-order valence-electron chi connectivity index (χ0n) is 20.8. The number of nitrogens with zero attached hydrogens (tertiary/aromatic N) is 4. The van der Waals surface area contributed by atoms with Crippen molar-refractivity contribution in [3.63, 3.8) is 0 Å². The third-order valence-electron chi connectivity index (χ3n) is 6.87. The molecule has 188 valence electrons. The van der Waals surface area contributed by atoms with Crippen molar-refractivity contribution in [1.82, 2.24) is 14.5 Å². The van der Waals surface area contributed by atoms with Crippen molar-refractivity contribution in [3.05, 3.63) is 75.7 Å². The molecule has 1 fully saturated rings. The smallest absolute Gasteiger partial charge is 0.257 e. The summed E-state index contributed by atoms with van der Waals surface area (Å²) >= 11 is 0. The van der Waals surface area contributed by atoms with E-state index < -0.39 is 6.17 Å². The molecule has 9 nitrogen and oxygen atoms in total. The number of likely N-dealkylation sites (tertiary alicyclic amines) is 1. The second-order valence-corrected chi connectivity index (χ2v) is 9.27. The number of hydrogen-bond donors (Lipinski definition) is 2. The van der Waals surface area contributed by atoms with Crippen LogP contribution >= 0.6 is 0 Å². The normalized spacial score (nSPS) is 17.7. The minimum absolute atomic E-state index is 0.100. The number of aliphatic imine (C=N–C) groups is 1. The van der Waals surface area contributed by atoms with Crippen LogP contribution in [-0.2, 0) is 6.42 Å². The number of aromatic nitrogens is 2. The lowest BCUT2D eigenvalue weighted by molar-refractivity contribution is 0.262. The van der Waals surface area contributed by atoms with Gasteiger partial charge in [-0.3, -0.25) is 14.7 Å². The minimum Gasteiger partial charge on any atom is -0.502 e. The highest BCUT2D eigenvalue weighted by Crippen LogP contribution is 2.40. The van der Waals surface area contributed by atoms with E-state index in [1.165, 1.54) is 30.4 Å². The highest BCUT2D eigenvalue weighted by Gasteiger charge is 2.30. The molecule has 2 N–H and O–H groups in total. The number of hydrogen-bond acceptors (Lipinski definition) is 8. The molecule has 2 aliphatic rings. The molecule has 5 rings (SSSR count). The monoisotopic (exact) mass is 489 g/mol. The van der Waals surface area contributed by atoms with E-state index in [1.54, 1.807) is 19.1 Å². The molecule has 1 atom stereocenters. The van der Waals surface area contributed by atoms with Gasteiger partial charge in [0.1, 0.15) is 0 Å². The molecule has 3 aromatic rings. The maximum Gasteiger partial charge on any atom is 0.257 e. The number of phenolic OH excluding ortho intramolecular Hbond substituents is 1. The van der Waals surface area contributed by atoms with Crippen molar-refractivity contribution in [2.45, 2.75) is 32.4 Å². The Hall–Kier alpha value is -4.01. The Labute approximate surface area is 210 Å². The number of rotatable bonds is 5. The first kappa shape index (κ1) is 23.7. The Morgan fingerprint density at radius 2 is 1.72 bits per heavy atom. The number of ether oxygens (including phenoxy) is 2. The van der Waals surface area contributed by atoms with Crippen molar-refractivity contribution in [2.24, 2.45) is 10.9 Å². The minimum atomic E-state index is -0.692. The van der Waals surface area contributed by atoms with Crippen LogP contribution in [0.2, 0.25) is 0 Å². The average Bonchev–Trinajstić information content (AvgIpc) is 2.89. The lowest BCUT2D eigenvalue weighted by Gasteiger charge is -2.37. The van der Waals surface area contributed by atoms with Crippen LogP contribution in [0.1, 0.15) is 35.8 Å². The van der Waals surface area contributed by atoms with Gasteiger partial charge in [0.15, 0.2) is 17.7 Å². The number of piperidine rings is 1. The third kappa shape index (κ3) is 4.60. The van der Waals surface area contributed by atoms with Gasteiger partial charge in [0.05, 0.1) is 14.2 Å². The number of guanidine groups is 1. The van der Waals surface area contributed by atoms with Crippen LogP contribution < -0.4 is 20.3 Å². The number of anilines is 1. The molecule has 0 aliphatic carbocycles. The number of methoxy groups -OCH3 is 2. The van der Waals surface area contributed by atoms with Gasteiger partial charge in [0, 0.05) is 30.4 Å².